The summed E-state index contributed by atoms with van der Waals surface area (Å²) >= 11 is 5.87. The lowest BCUT2D eigenvalue weighted by molar-refractivity contribution is 0.0653. The molecular formula is C15H12ClFO3. The van der Waals surface area contributed by atoms with Crippen molar-refractivity contribution in [2.24, 2.45) is 0 Å². The van der Waals surface area contributed by atoms with Gasteiger partial charge >= 0.3 is 0 Å². The van der Waals surface area contributed by atoms with Crippen molar-refractivity contribution in [1.82, 2.24) is 0 Å². The van der Waals surface area contributed by atoms with Crippen molar-refractivity contribution < 1.29 is 19.3 Å². The van der Waals surface area contributed by atoms with Crippen molar-refractivity contribution in [3.63, 3.8) is 0 Å². The molecule has 2 atom stereocenters. The Kier molecular flexibility index (Phi) is 3.28. The highest BCUT2D eigenvalue weighted by molar-refractivity contribution is 6.32. The van der Waals surface area contributed by atoms with Crippen LogP contribution in [0.4, 0.5) is 4.39 Å². The van der Waals surface area contributed by atoms with E-state index in [4.69, 9.17) is 16.3 Å². The monoisotopic (exact) mass is 294 g/mol. The van der Waals surface area contributed by atoms with Gasteiger partial charge in [-0.1, -0.05) is 17.7 Å². The SMILES string of the molecule is Oc1ccc(C2C[C@H](O)c3cc(F)ccc3O2)cc1Cl. The van der Waals surface area contributed by atoms with Gasteiger partial charge in [-0.15, -0.1) is 0 Å². The Bertz CT molecular complexity index is 660. The van der Waals surface area contributed by atoms with Crippen molar-refractivity contribution in [1.29, 1.82) is 0 Å². The van der Waals surface area contributed by atoms with E-state index in [2.05, 4.69) is 0 Å². The number of hydrogen-bond donors (Lipinski definition) is 2. The van der Waals surface area contributed by atoms with E-state index in [1.807, 2.05) is 0 Å². The minimum atomic E-state index is -0.799. The topological polar surface area (TPSA) is 49.7 Å². The lowest BCUT2D eigenvalue weighted by atomic mass is 9.95. The molecule has 5 heteroatoms. The van der Waals surface area contributed by atoms with Crippen molar-refractivity contribution >= 4 is 11.6 Å². The largest absolute Gasteiger partial charge is 0.506 e. The van der Waals surface area contributed by atoms with E-state index in [0.29, 0.717) is 17.7 Å². The maximum atomic E-state index is 13.2. The molecule has 2 N–H and O–H groups in total. The lowest BCUT2D eigenvalue weighted by Crippen LogP contribution is -2.19. The molecule has 0 aliphatic carbocycles. The summed E-state index contributed by atoms with van der Waals surface area (Å²) in [5, 5.41) is 19.8. The zero-order valence-electron chi connectivity index (χ0n) is 10.4. The summed E-state index contributed by atoms with van der Waals surface area (Å²) in [6.45, 7) is 0. The third-order valence-corrected chi connectivity index (χ3v) is 3.68. The van der Waals surface area contributed by atoms with Gasteiger partial charge in [0, 0.05) is 12.0 Å². The molecular weight excluding hydrogens is 283 g/mol. The third-order valence-electron chi connectivity index (χ3n) is 3.38. The van der Waals surface area contributed by atoms with E-state index in [0.717, 1.165) is 5.56 Å². The number of fused-ring (bicyclic) bond motifs is 1. The van der Waals surface area contributed by atoms with E-state index in [1.54, 1.807) is 12.1 Å². The van der Waals surface area contributed by atoms with Gasteiger partial charge in [0.2, 0.25) is 0 Å². The molecule has 2 aromatic carbocycles. The maximum Gasteiger partial charge on any atom is 0.134 e. The summed E-state index contributed by atoms with van der Waals surface area (Å²) in [5.74, 6) is 0.0473. The number of aromatic hydroxyl groups is 1. The second kappa shape index (κ2) is 4.96. The van der Waals surface area contributed by atoms with Gasteiger partial charge < -0.3 is 14.9 Å². The third kappa shape index (κ3) is 2.32. The smallest absolute Gasteiger partial charge is 0.134 e. The molecule has 0 saturated heterocycles. The van der Waals surface area contributed by atoms with Crippen LogP contribution < -0.4 is 4.74 Å². The first-order chi connectivity index (χ1) is 9.54. The van der Waals surface area contributed by atoms with Crippen LogP contribution in [-0.4, -0.2) is 10.2 Å². The van der Waals surface area contributed by atoms with Gasteiger partial charge in [0.1, 0.15) is 23.4 Å². The van der Waals surface area contributed by atoms with Crippen LogP contribution >= 0.6 is 11.6 Å². The fourth-order valence-corrected chi connectivity index (χ4v) is 2.53. The number of rotatable bonds is 1. The number of halogens is 2. The molecule has 1 aliphatic heterocycles. The van der Waals surface area contributed by atoms with Crippen LogP contribution in [0.1, 0.15) is 29.8 Å². The lowest BCUT2D eigenvalue weighted by Gasteiger charge is -2.30. The summed E-state index contributed by atoms with van der Waals surface area (Å²) in [6, 6.07) is 8.84. The number of phenolic OH excluding ortho intramolecular Hbond substituents is 1. The average molecular weight is 295 g/mol. The van der Waals surface area contributed by atoms with Gasteiger partial charge in [-0.25, -0.2) is 4.39 Å². The predicted octanol–water partition coefficient (Wildman–Crippen LogP) is 3.74. The highest BCUT2D eigenvalue weighted by Crippen LogP contribution is 2.41. The quantitative estimate of drug-likeness (QED) is 0.842. The summed E-state index contributed by atoms with van der Waals surface area (Å²) in [4.78, 5) is 0. The molecule has 3 rings (SSSR count). The zero-order chi connectivity index (χ0) is 14.3. The Morgan fingerprint density at radius 1 is 1.20 bits per heavy atom. The van der Waals surface area contributed by atoms with Gasteiger partial charge in [0.15, 0.2) is 0 Å². The fraction of sp³-hybridized carbons (Fsp3) is 0.200. The van der Waals surface area contributed by atoms with Crippen LogP contribution in [0.2, 0.25) is 5.02 Å². The van der Waals surface area contributed by atoms with Crippen molar-refractivity contribution in [3.05, 3.63) is 58.4 Å². The minimum Gasteiger partial charge on any atom is -0.506 e. The molecule has 1 aliphatic rings. The molecule has 104 valence electrons. The summed E-state index contributed by atoms with van der Waals surface area (Å²) < 4.78 is 18.9. The van der Waals surface area contributed by atoms with E-state index >= 15 is 0 Å². The Morgan fingerprint density at radius 3 is 2.75 bits per heavy atom. The predicted molar refractivity (Wildman–Crippen MR) is 72.5 cm³/mol. The second-order valence-corrected chi connectivity index (χ2v) is 5.16. The van der Waals surface area contributed by atoms with Gasteiger partial charge in [-0.2, -0.15) is 0 Å². The maximum absolute atomic E-state index is 13.2. The number of hydrogen-bond acceptors (Lipinski definition) is 3. The van der Waals surface area contributed by atoms with Gasteiger partial charge in [-0.3, -0.25) is 0 Å². The van der Waals surface area contributed by atoms with Crippen molar-refractivity contribution in [2.75, 3.05) is 0 Å². The summed E-state index contributed by atoms with van der Waals surface area (Å²) in [7, 11) is 0. The first-order valence-corrected chi connectivity index (χ1v) is 6.55. The van der Waals surface area contributed by atoms with Crippen molar-refractivity contribution in [2.45, 2.75) is 18.6 Å². The van der Waals surface area contributed by atoms with Crippen LogP contribution in [0, 0.1) is 5.82 Å². The molecule has 0 amide bonds. The molecule has 3 nitrogen and oxygen atoms in total. The van der Waals surface area contributed by atoms with Crippen LogP contribution in [0.25, 0.3) is 0 Å². The number of benzene rings is 2. The van der Waals surface area contributed by atoms with Crippen LogP contribution in [0.5, 0.6) is 11.5 Å². The molecule has 0 aromatic heterocycles. The highest BCUT2D eigenvalue weighted by atomic mass is 35.5. The number of ether oxygens (including phenoxy) is 1. The molecule has 0 radical (unpaired) electrons. The Morgan fingerprint density at radius 2 is 2.00 bits per heavy atom. The number of aliphatic hydroxyl groups excluding tert-OH is 1. The molecule has 1 unspecified atom stereocenters. The molecule has 1 heterocycles. The van der Waals surface area contributed by atoms with Gasteiger partial charge in [-0.05, 0) is 35.9 Å². The minimum absolute atomic E-state index is 0.00533. The molecule has 20 heavy (non-hydrogen) atoms. The molecule has 0 fully saturated rings. The Labute approximate surface area is 120 Å². The number of aliphatic hydroxyl groups is 1. The average Bonchev–Trinajstić information content (AvgIpc) is 2.42. The second-order valence-electron chi connectivity index (χ2n) is 4.75. The van der Waals surface area contributed by atoms with Crippen LogP contribution in [0.3, 0.4) is 0 Å². The van der Waals surface area contributed by atoms with Gasteiger partial charge in [0.05, 0.1) is 11.1 Å². The highest BCUT2D eigenvalue weighted by Gasteiger charge is 2.28. The Balaban J connectivity index is 1.94. The number of phenols is 1. The summed E-state index contributed by atoms with van der Waals surface area (Å²) in [5.41, 5.74) is 1.20. The molecule has 0 bridgehead atoms. The van der Waals surface area contributed by atoms with Crippen molar-refractivity contribution in [3.8, 4) is 11.5 Å². The zero-order valence-corrected chi connectivity index (χ0v) is 11.1. The standard InChI is InChI=1S/C15H12ClFO3/c16-11-5-8(1-3-12(11)18)15-7-13(19)10-6-9(17)2-4-14(10)20-15/h1-6,13,15,18-19H,7H2/t13-,15?/m0/s1. The van der Waals surface area contributed by atoms with Gasteiger partial charge in [0.25, 0.3) is 0 Å². The van der Waals surface area contributed by atoms with Crippen LogP contribution in [0.15, 0.2) is 36.4 Å². The van der Waals surface area contributed by atoms with E-state index < -0.39 is 11.9 Å². The van der Waals surface area contributed by atoms with Crippen LogP contribution in [-0.2, 0) is 0 Å². The Hall–Kier alpha value is -1.78. The normalized spacial score (nSPS) is 21.1. The first-order valence-electron chi connectivity index (χ1n) is 6.17. The summed E-state index contributed by atoms with van der Waals surface area (Å²) in [6.07, 6.45) is -0.884. The van der Waals surface area contributed by atoms with E-state index in [1.165, 1.54) is 24.3 Å². The first kappa shape index (κ1) is 13.2. The van der Waals surface area contributed by atoms with E-state index in [9.17, 15) is 14.6 Å². The molecule has 0 spiro atoms. The van der Waals surface area contributed by atoms with E-state index in [-0.39, 0.29) is 16.9 Å². The molecule has 2 aromatic rings. The molecule has 0 saturated carbocycles. The fourth-order valence-electron chi connectivity index (χ4n) is 2.35.